The molecule has 84 valence electrons. The van der Waals surface area contributed by atoms with Gasteiger partial charge in [-0.2, -0.15) is 5.26 Å². The highest BCUT2D eigenvalue weighted by atomic mass is 32.2. The largest absolute Gasteiger partial charge is 0.481 e. The Morgan fingerprint density at radius 2 is 2.27 bits per heavy atom. The molecule has 0 saturated carbocycles. The monoisotopic (exact) mass is 232 g/mol. The zero-order valence-electron chi connectivity index (χ0n) is 8.09. The normalized spacial score (nSPS) is 23.3. The van der Waals surface area contributed by atoms with Crippen molar-refractivity contribution in [3.8, 4) is 6.07 Å². The summed E-state index contributed by atoms with van der Waals surface area (Å²) in [5, 5.41) is 17.1. The summed E-state index contributed by atoms with van der Waals surface area (Å²) in [6.45, 7) is 0.299. The van der Waals surface area contributed by atoms with E-state index in [1.54, 1.807) is 6.07 Å². The first kappa shape index (κ1) is 11.9. The van der Waals surface area contributed by atoms with Crippen molar-refractivity contribution < 1.29 is 18.3 Å². The molecule has 1 N–H and O–H groups in total. The second-order valence-electron chi connectivity index (χ2n) is 3.45. The van der Waals surface area contributed by atoms with Gasteiger partial charge in [0.05, 0.1) is 12.0 Å². The molecule has 0 aromatic rings. The molecule has 0 spiro atoms. The van der Waals surface area contributed by atoms with Gasteiger partial charge in [-0.15, -0.1) is 0 Å². The summed E-state index contributed by atoms with van der Waals surface area (Å²) in [7, 11) is -3.59. The summed E-state index contributed by atoms with van der Waals surface area (Å²) in [5.74, 6) is -2.21. The highest BCUT2D eigenvalue weighted by Gasteiger charge is 2.31. The average molecular weight is 232 g/mol. The van der Waals surface area contributed by atoms with Crippen LogP contribution in [0.3, 0.4) is 0 Å². The molecule has 6 nitrogen and oxygen atoms in total. The van der Waals surface area contributed by atoms with Crippen LogP contribution in [0.25, 0.3) is 0 Å². The lowest BCUT2D eigenvalue weighted by molar-refractivity contribution is -0.142. The summed E-state index contributed by atoms with van der Waals surface area (Å²) < 4.78 is 24.0. The van der Waals surface area contributed by atoms with Crippen molar-refractivity contribution in [2.75, 3.05) is 18.8 Å². The van der Waals surface area contributed by atoms with Crippen LogP contribution < -0.4 is 0 Å². The van der Waals surface area contributed by atoms with E-state index in [-0.39, 0.29) is 6.54 Å². The van der Waals surface area contributed by atoms with E-state index in [4.69, 9.17) is 10.4 Å². The number of hydrogen-bond acceptors (Lipinski definition) is 4. The summed E-state index contributed by atoms with van der Waals surface area (Å²) in [5.41, 5.74) is 0. The van der Waals surface area contributed by atoms with Gasteiger partial charge >= 0.3 is 5.97 Å². The van der Waals surface area contributed by atoms with Gasteiger partial charge in [-0.25, -0.2) is 12.7 Å². The minimum absolute atomic E-state index is 0.0145. The summed E-state index contributed by atoms with van der Waals surface area (Å²) in [6.07, 6.45) is 1.02. The quantitative estimate of drug-likeness (QED) is 0.716. The van der Waals surface area contributed by atoms with Crippen molar-refractivity contribution in [2.45, 2.75) is 12.8 Å². The minimum atomic E-state index is -3.59. The van der Waals surface area contributed by atoms with Crippen LogP contribution in [0.2, 0.25) is 0 Å². The number of sulfonamides is 1. The van der Waals surface area contributed by atoms with Crippen LogP contribution in [-0.4, -0.2) is 42.6 Å². The van der Waals surface area contributed by atoms with Crippen molar-refractivity contribution in [1.82, 2.24) is 4.31 Å². The van der Waals surface area contributed by atoms with E-state index >= 15 is 0 Å². The fraction of sp³-hybridized carbons (Fsp3) is 0.750. The van der Waals surface area contributed by atoms with Gasteiger partial charge in [0, 0.05) is 13.1 Å². The Morgan fingerprint density at radius 1 is 1.60 bits per heavy atom. The first-order chi connectivity index (χ1) is 6.97. The van der Waals surface area contributed by atoms with Crippen LogP contribution in [0, 0.1) is 17.2 Å². The number of rotatable bonds is 3. The zero-order valence-corrected chi connectivity index (χ0v) is 8.90. The molecular weight excluding hydrogens is 220 g/mol. The van der Waals surface area contributed by atoms with Gasteiger partial charge < -0.3 is 5.11 Å². The molecule has 1 aliphatic rings. The van der Waals surface area contributed by atoms with Gasteiger partial charge in [-0.3, -0.25) is 4.79 Å². The predicted molar refractivity (Wildman–Crippen MR) is 51.3 cm³/mol. The van der Waals surface area contributed by atoms with E-state index in [1.165, 1.54) is 0 Å². The Morgan fingerprint density at radius 3 is 2.80 bits per heavy atom. The minimum Gasteiger partial charge on any atom is -0.481 e. The lowest BCUT2D eigenvalue weighted by Crippen LogP contribution is -2.43. The fourth-order valence-electron chi connectivity index (χ4n) is 1.57. The van der Waals surface area contributed by atoms with E-state index in [0.717, 1.165) is 4.31 Å². The molecule has 7 heteroatoms. The molecule has 0 unspecified atom stereocenters. The zero-order chi connectivity index (χ0) is 11.5. The maximum absolute atomic E-state index is 11.5. The third-order valence-corrected chi connectivity index (χ3v) is 3.99. The molecule has 1 atom stereocenters. The maximum atomic E-state index is 11.5. The lowest BCUT2D eigenvalue weighted by Gasteiger charge is -2.28. The molecule has 0 bridgehead atoms. The Labute approximate surface area is 88.2 Å². The average Bonchev–Trinajstić information content (AvgIpc) is 2.18. The number of piperidine rings is 1. The van der Waals surface area contributed by atoms with Gasteiger partial charge in [0.2, 0.25) is 10.0 Å². The second kappa shape index (κ2) is 4.59. The molecule has 0 aromatic heterocycles. The molecule has 1 rings (SSSR count). The third-order valence-electron chi connectivity index (χ3n) is 2.37. The molecule has 15 heavy (non-hydrogen) atoms. The third kappa shape index (κ3) is 2.91. The number of carbonyl (C=O) groups is 1. The first-order valence-corrected chi connectivity index (χ1v) is 6.16. The SMILES string of the molecule is N#CCS(=O)(=O)N1CCC[C@H](C(=O)O)C1. The van der Waals surface area contributed by atoms with Crippen molar-refractivity contribution in [3.63, 3.8) is 0 Å². The molecule has 1 saturated heterocycles. The van der Waals surface area contributed by atoms with Crippen LogP contribution in [0.5, 0.6) is 0 Å². The topological polar surface area (TPSA) is 98.5 Å². The fourth-order valence-corrected chi connectivity index (χ4v) is 2.73. The van der Waals surface area contributed by atoms with E-state index in [2.05, 4.69) is 0 Å². The van der Waals surface area contributed by atoms with Gasteiger partial charge in [0.25, 0.3) is 0 Å². The van der Waals surface area contributed by atoms with Crippen LogP contribution in [0.15, 0.2) is 0 Å². The lowest BCUT2D eigenvalue weighted by atomic mass is 10.0. The van der Waals surface area contributed by atoms with Gasteiger partial charge in [0.1, 0.15) is 0 Å². The highest BCUT2D eigenvalue weighted by Crippen LogP contribution is 2.19. The van der Waals surface area contributed by atoms with Crippen molar-refractivity contribution >= 4 is 16.0 Å². The van der Waals surface area contributed by atoms with Gasteiger partial charge in [0.15, 0.2) is 5.75 Å². The number of nitriles is 1. The Balaban J connectivity index is 2.73. The molecule has 0 aliphatic carbocycles. The molecule has 1 aliphatic heterocycles. The predicted octanol–water partition coefficient (Wildman–Crippen LogP) is -0.364. The second-order valence-corrected chi connectivity index (χ2v) is 5.42. The molecule has 1 heterocycles. The van der Waals surface area contributed by atoms with Crippen LogP contribution in [0.4, 0.5) is 0 Å². The number of aliphatic carboxylic acids is 1. The van der Waals surface area contributed by atoms with Crippen molar-refractivity contribution in [2.24, 2.45) is 5.92 Å². The molecule has 0 aromatic carbocycles. The summed E-state index contributed by atoms with van der Waals surface area (Å²) in [4.78, 5) is 10.7. The van der Waals surface area contributed by atoms with E-state index in [1.807, 2.05) is 0 Å². The standard InChI is InChI=1S/C8H12N2O4S/c9-3-5-15(13,14)10-4-1-2-7(6-10)8(11)12/h7H,1-2,4-6H2,(H,11,12)/t7-/m0/s1. The number of carboxylic acids is 1. The molecular formula is C8H12N2O4S. The van der Waals surface area contributed by atoms with E-state index in [9.17, 15) is 13.2 Å². The van der Waals surface area contributed by atoms with Gasteiger partial charge in [-0.05, 0) is 12.8 Å². The number of carboxylic acid groups (broad SMARTS) is 1. The Kier molecular flexibility index (Phi) is 3.66. The van der Waals surface area contributed by atoms with Crippen molar-refractivity contribution in [1.29, 1.82) is 5.26 Å². The molecule has 0 radical (unpaired) electrons. The number of hydrogen-bond donors (Lipinski definition) is 1. The molecule has 0 amide bonds. The summed E-state index contributed by atoms with van der Waals surface area (Å²) in [6, 6.07) is 1.57. The molecule has 1 fully saturated rings. The van der Waals surface area contributed by atoms with E-state index in [0.29, 0.717) is 19.4 Å². The van der Waals surface area contributed by atoms with Crippen molar-refractivity contribution in [3.05, 3.63) is 0 Å². The Hall–Kier alpha value is -1.13. The van der Waals surface area contributed by atoms with E-state index < -0.39 is 27.7 Å². The highest BCUT2D eigenvalue weighted by molar-refractivity contribution is 7.89. The Bertz CT molecular complexity index is 384. The smallest absolute Gasteiger partial charge is 0.307 e. The van der Waals surface area contributed by atoms with Gasteiger partial charge in [-0.1, -0.05) is 0 Å². The maximum Gasteiger partial charge on any atom is 0.307 e. The van der Waals surface area contributed by atoms with Crippen LogP contribution >= 0.6 is 0 Å². The number of nitrogens with zero attached hydrogens (tertiary/aromatic N) is 2. The van der Waals surface area contributed by atoms with Crippen LogP contribution in [-0.2, 0) is 14.8 Å². The van der Waals surface area contributed by atoms with Crippen LogP contribution in [0.1, 0.15) is 12.8 Å². The summed E-state index contributed by atoms with van der Waals surface area (Å²) >= 11 is 0. The first-order valence-electron chi connectivity index (χ1n) is 4.55.